The summed E-state index contributed by atoms with van der Waals surface area (Å²) in [6, 6.07) is 0. The molecule has 0 atom stereocenters. The highest BCUT2D eigenvalue weighted by Crippen LogP contribution is 1.53. The molecule has 0 rings (SSSR count). The van der Waals surface area contributed by atoms with Gasteiger partial charge in [0.25, 0.3) is 0 Å². The van der Waals surface area contributed by atoms with Gasteiger partial charge in [0.15, 0.2) is 0 Å². The molecule has 0 amide bonds. The average Bonchev–Trinajstić information content (AvgIpc) is 1.35. The Morgan fingerprint density at radius 3 is 2.50 bits per heavy atom. The van der Waals surface area contributed by atoms with Crippen LogP contribution in [-0.2, 0) is 4.79 Å². The lowest BCUT2D eigenvalue weighted by Gasteiger charge is -1.65. The van der Waals surface area contributed by atoms with Crippen molar-refractivity contribution in [2.75, 3.05) is 0 Å². The van der Waals surface area contributed by atoms with Gasteiger partial charge >= 0.3 is 5.97 Å². The number of hydrogen-bond acceptors (Lipinski definition) is 1. The van der Waals surface area contributed by atoms with Gasteiger partial charge < -0.3 is 5.11 Å². The van der Waals surface area contributed by atoms with Gasteiger partial charge in [0.1, 0.15) is 0 Å². The molecule has 0 saturated carbocycles. The van der Waals surface area contributed by atoms with Crippen LogP contribution in [0.5, 0.6) is 0 Å². The van der Waals surface area contributed by atoms with Crippen molar-refractivity contribution >= 4 is 21.2 Å². The Morgan fingerprint density at radius 2 is 2.50 bits per heavy atom. The minimum Gasteiger partial charge on any atom is -0.478 e. The largest absolute Gasteiger partial charge is 0.478 e. The van der Waals surface area contributed by atoms with Gasteiger partial charge in [-0.05, 0) is 0 Å². The van der Waals surface area contributed by atoms with Crippen LogP contribution in [0.15, 0.2) is 6.08 Å². The van der Waals surface area contributed by atoms with E-state index >= 15 is 0 Å². The molecule has 0 unspecified atom stereocenters. The predicted octanol–water partition coefficient (Wildman–Crippen LogP) is -1.34. The number of hydrogen-bond donors (Lipinski definition) is 1. The molecule has 0 heterocycles. The Hall–Kier alpha value is -0.663. The maximum atomic E-state index is 9.49. The van der Waals surface area contributed by atoms with Gasteiger partial charge in [-0.3, -0.25) is 0 Å². The minimum absolute atomic E-state index is 0.940. The maximum Gasteiger partial charge on any atom is 0.335 e. The highest BCUT2D eigenvalue weighted by Gasteiger charge is 1.76. The molecule has 0 spiro atoms. The molecule has 0 aliphatic rings. The monoisotopic (exact) mass is 100.0 g/mol. The van der Waals surface area contributed by atoms with Crippen molar-refractivity contribution in [3.8, 4) is 0 Å². The molecule has 0 radical (unpaired) electrons. The van der Waals surface area contributed by atoms with Crippen molar-refractivity contribution in [1.29, 1.82) is 0 Å². The zero-order chi connectivity index (χ0) is 4.99. The normalized spacial score (nSPS) is 6.00. The van der Waals surface area contributed by atoms with Crippen LogP contribution in [0.2, 0.25) is 0 Å². The fraction of sp³-hybridized carbons (Fsp3) is 0. The molecular weight excluding hydrogens is 96.1 g/mol. The number of carboxylic acids is 1. The predicted molar refractivity (Wildman–Crippen MR) is 25.8 cm³/mol. The summed E-state index contributed by atoms with van der Waals surface area (Å²) in [5.74, 6) is -0.940. The second kappa shape index (κ2) is 2.57. The first-order chi connectivity index (χ1) is 2.77. The number of carbonyl (C=O) groups is 1. The Labute approximate surface area is 38.1 Å². The van der Waals surface area contributed by atoms with E-state index in [1.54, 1.807) is 0 Å². The molecule has 0 saturated heterocycles. The number of rotatable bonds is 1. The second-order valence-corrected chi connectivity index (χ2v) is 1.09. The molecule has 3 heteroatoms. The summed E-state index contributed by atoms with van der Waals surface area (Å²) in [5, 5.41) is 10.2. The van der Waals surface area contributed by atoms with Gasteiger partial charge in [-0.15, -0.1) is 0 Å². The zero-order valence-electron chi connectivity index (χ0n) is 3.14. The standard InChI is InChI=1S/C3H4O2Si/c4-3(5)1-2-6/h1H,6H2,(H,4,5). The third kappa shape index (κ3) is 3.34. The van der Waals surface area contributed by atoms with Gasteiger partial charge in [0, 0.05) is 9.85 Å². The van der Waals surface area contributed by atoms with E-state index in [2.05, 4.69) is 5.33 Å². The van der Waals surface area contributed by atoms with E-state index in [1.165, 1.54) is 9.85 Å². The van der Waals surface area contributed by atoms with Gasteiger partial charge in [-0.25, -0.2) is 4.79 Å². The maximum absolute atomic E-state index is 9.49. The van der Waals surface area contributed by atoms with E-state index in [4.69, 9.17) is 5.11 Å². The van der Waals surface area contributed by atoms with E-state index in [0.717, 1.165) is 6.08 Å². The molecule has 6 heavy (non-hydrogen) atoms. The third-order valence-corrected chi connectivity index (χ3v) is 0.430. The van der Waals surface area contributed by atoms with Crippen LogP contribution < -0.4 is 0 Å². The molecule has 0 bridgehead atoms. The average molecular weight is 100 g/mol. The molecular formula is C3H4O2Si. The van der Waals surface area contributed by atoms with E-state index in [1.807, 2.05) is 0 Å². The van der Waals surface area contributed by atoms with Crippen molar-refractivity contribution in [2.45, 2.75) is 0 Å². The molecule has 1 N–H and O–H groups in total. The van der Waals surface area contributed by atoms with Crippen LogP contribution in [0, 0.1) is 0 Å². The van der Waals surface area contributed by atoms with E-state index in [9.17, 15) is 4.79 Å². The molecule has 0 aromatic rings. The first-order valence-electron chi connectivity index (χ1n) is 1.36. The van der Waals surface area contributed by atoms with E-state index < -0.39 is 5.97 Å². The second-order valence-electron chi connectivity index (χ2n) is 0.687. The lowest BCUT2D eigenvalue weighted by molar-refractivity contribution is -0.131. The van der Waals surface area contributed by atoms with Crippen molar-refractivity contribution in [3.05, 3.63) is 6.08 Å². The molecule has 0 aliphatic heterocycles. The van der Waals surface area contributed by atoms with Crippen molar-refractivity contribution < 1.29 is 9.90 Å². The van der Waals surface area contributed by atoms with Crippen molar-refractivity contribution in [3.63, 3.8) is 0 Å². The van der Waals surface area contributed by atoms with Gasteiger partial charge in [-0.2, -0.15) is 5.33 Å². The Kier molecular flexibility index (Phi) is 2.28. The van der Waals surface area contributed by atoms with Crippen molar-refractivity contribution in [1.82, 2.24) is 0 Å². The summed E-state index contributed by atoms with van der Waals surface area (Å²) in [6.07, 6.45) is 0.971. The number of carboxylic acid groups (broad SMARTS) is 1. The highest BCUT2D eigenvalue weighted by molar-refractivity contribution is 6.27. The quantitative estimate of drug-likeness (QED) is 0.327. The lowest BCUT2D eigenvalue weighted by Crippen LogP contribution is -1.84. The van der Waals surface area contributed by atoms with Crippen LogP contribution in [0.3, 0.4) is 0 Å². The van der Waals surface area contributed by atoms with Crippen LogP contribution >= 0.6 is 0 Å². The summed E-state index contributed by atoms with van der Waals surface area (Å²) in [7, 11) is 1.37. The molecule has 0 fully saturated rings. The zero-order valence-corrected chi connectivity index (χ0v) is 4.55. The smallest absolute Gasteiger partial charge is 0.335 e. The molecule has 32 valence electrons. The Morgan fingerprint density at radius 1 is 2.00 bits per heavy atom. The van der Waals surface area contributed by atoms with Gasteiger partial charge in [-0.1, -0.05) is 0 Å². The van der Waals surface area contributed by atoms with E-state index in [-0.39, 0.29) is 0 Å². The summed E-state index contributed by atoms with van der Waals surface area (Å²) in [4.78, 5) is 9.49. The fourth-order valence-corrected chi connectivity index (χ4v) is 0.262. The molecule has 2 nitrogen and oxygen atoms in total. The summed E-state index contributed by atoms with van der Waals surface area (Å²) in [6.45, 7) is 0. The lowest BCUT2D eigenvalue weighted by atomic mass is 10.7. The molecule has 0 aliphatic carbocycles. The minimum atomic E-state index is -0.940. The Balaban J connectivity index is 3.60. The Bertz CT molecular complexity index is 101. The first-order valence-corrected chi connectivity index (χ1v) is 2.07. The summed E-state index contributed by atoms with van der Waals surface area (Å²) >= 11 is 0. The fourth-order valence-electron chi connectivity index (χ4n) is 0.0873. The van der Waals surface area contributed by atoms with Crippen LogP contribution in [0.1, 0.15) is 0 Å². The highest BCUT2D eigenvalue weighted by atomic mass is 28.1. The van der Waals surface area contributed by atoms with Crippen LogP contribution in [0.4, 0.5) is 0 Å². The topological polar surface area (TPSA) is 37.3 Å². The van der Waals surface area contributed by atoms with Crippen LogP contribution in [-0.4, -0.2) is 26.3 Å². The summed E-state index contributed by atoms with van der Waals surface area (Å²) in [5.41, 5.74) is 0. The van der Waals surface area contributed by atoms with Crippen LogP contribution in [0.25, 0.3) is 0 Å². The third-order valence-electron chi connectivity index (χ3n) is 0.226. The van der Waals surface area contributed by atoms with Gasteiger partial charge in [0.05, 0.1) is 6.08 Å². The molecule has 0 aromatic carbocycles. The van der Waals surface area contributed by atoms with E-state index in [0.29, 0.717) is 0 Å². The SMILES string of the molecule is O=C(O)C=C=[SiH2]. The van der Waals surface area contributed by atoms with Gasteiger partial charge in [0.2, 0.25) is 0 Å². The first kappa shape index (κ1) is 5.34. The summed E-state index contributed by atoms with van der Waals surface area (Å²) < 4.78 is 0. The number of aliphatic carboxylic acids is 1. The van der Waals surface area contributed by atoms with Crippen molar-refractivity contribution in [2.24, 2.45) is 0 Å². The molecule has 0 aromatic heterocycles.